The van der Waals surface area contributed by atoms with E-state index in [-0.39, 0.29) is 17.9 Å². The molecule has 0 saturated heterocycles. The minimum absolute atomic E-state index is 0.0367. The maximum absolute atomic E-state index is 12.5. The Morgan fingerprint density at radius 2 is 2.06 bits per heavy atom. The molecule has 12 heteroatoms. The van der Waals surface area contributed by atoms with Crippen molar-refractivity contribution in [3.05, 3.63) is 28.9 Å². The van der Waals surface area contributed by atoms with Crippen LogP contribution in [0.25, 0.3) is 0 Å². The molecule has 0 radical (unpaired) electrons. The van der Waals surface area contributed by atoms with E-state index >= 15 is 0 Å². The molecule has 196 valence electrons. The predicted octanol–water partition coefficient (Wildman–Crippen LogP) is 3.93. The topological polar surface area (TPSA) is 132 Å². The number of carbonyl (C=O) groups is 1. The van der Waals surface area contributed by atoms with Gasteiger partial charge in [-0.3, -0.25) is 9.00 Å². The van der Waals surface area contributed by atoms with Gasteiger partial charge in [-0.05, 0) is 50.2 Å². The fourth-order valence-corrected chi connectivity index (χ4v) is 5.52. The number of amides is 1. The summed E-state index contributed by atoms with van der Waals surface area (Å²) in [6.07, 6.45) is 7.55. The second-order valence-corrected chi connectivity index (χ2v) is 10.2. The SMILES string of the molecule is CCN1C(=O)CCCc2cc(Nc3ncc(Cl)c(N[C@@H]4CCCC[C@@H]4CNS(=O)[O-])n3)c(OC)cc21. The maximum Gasteiger partial charge on any atom is 0.229 e. The molecule has 1 saturated carbocycles. The van der Waals surface area contributed by atoms with Gasteiger partial charge < -0.3 is 24.8 Å². The molecule has 3 N–H and O–H groups in total. The highest BCUT2D eigenvalue weighted by atomic mass is 35.5. The summed E-state index contributed by atoms with van der Waals surface area (Å²) in [5.74, 6) is 1.68. The van der Waals surface area contributed by atoms with Crippen LogP contribution in [0.5, 0.6) is 5.75 Å². The number of anilines is 4. The van der Waals surface area contributed by atoms with Crippen LogP contribution in [-0.2, 0) is 22.5 Å². The van der Waals surface area contributed by atoms with Gasteiger partial charge in [0, 0.05) is 42.9 Å². The average Bonchev–Trinajstić information content (AvgIpc) is 3.02. The van der Waals surface area contributed by atoms with Crippen LogP contribution in [0.4, 0.5) is 23.1 Å². The van der Waals surface area contributed by atoms with Gasteiger partial charge in [0.25, 0.3) is 0 Å². The van der Waals surface area contributed by atoms with Crippen molar-refractivity contribution in [2.75, 3.05) is 35.7 Å². The van der Waals surface area contributed by atoms with Gasteiger partial charge in [0.2, 0.25) is 11.9 Å². The molecule has 2 heterocycles. The fraction of sp³-hybridized carbons (Fsp3) is 0.542. The Hall–Kier alpha value is -2.47. The first-order valence-corrected chi connectivity index (χ1v) is 13.7. The van der Waals surface area contributed by atoms with Crippen LogP contribution in [-0.4, -0.2) is 50.9 Å². The summed E-state index contributed by atoms with van der Waals surface area (Å²) in [5, 5.41) is 7.05. The molecular formula is C24H32ClN6O4S-. The molecule has 4 rings (SSSR count). The van der Waals surface area contributed by atoms with Crippen molar-refractivity contribution in [2.45, 2.75) is 57.9 Å². The van der Waals surface area contributed by atoms with Gasteiger partial charge in [0.05, 0.1) is 24.7 Å². The summed E-state index contributed by atoms with van der Waals surface area (Å²) in [4.78, 5) is 23.3. The summed E-state index contributed by atoms with van der Waals surface area (Å²) >= 11 is 4.13. The number of rotatable bonds is 9. The lowest BCUT2D eigenvalue weighted by Gasteiger charge is -2.33. The van der Waals surface area contributed by atoms with Gasteiger partial charge in [-0.2, -0.15) is 4.98 Å². The number of aryl methyl sites for hydroxylation is 1. The highest BCUT2D eigenvalue weighted by molar-refractivity contribution is 7.77. The van der Waals surface area contributed by atoms with Gasteiger partial charge >= 0.3 is 0 Å². The van der Waals surface area contributed by atoms with Crippen LogP contribution >= 0.6 is 11.6 Å². The molecule has 1 aliphatic heterocycles. The highest BCUT2D eigenvalue weighted by Crippen LogP contribution is 2.38. The number of benzene rings is 1. The van der Waals surface area contributed by atoms with Gasteiger partial charge in [-0.25, -0.2) is 9.71 Å². The number of aromatic nitrogens is 2. The van der Waals surface area contributed by atoms with Crippen molar-refractivity contribution >= 4 is 51.9 Å². The lowest BCUT2D eigenvalue weighted by Crippen LogP contribution is -2.39. The van der Waals surface area contributed by atoms with E-state index in [2.05, 4.69) is 25.3 Å². The Bertz CT molecular complexity index is 1120. The molecule has 2 aliphatic rings. The fourth-order valence-electron chi connectivity index (χ4n) is 5.02. The van der Waals surface area contributed by atoms with Gasteiger partial charge in [0.1, 0.15) is 10.8 Å². The summed E-state index contributed by atoms with van der Waals surface area (Å²) in [5.41, 5.74) is 2.64. The minimum Gasteiger partial charge on any atom is -0.760 e. The number of hydrogen-bond donors (Lipinski definition) is 3. The number of nitrogens with zero attached hydrogens (tertiary/aromatic N) is 3. The maximum atomic E-state index is 12.5. The van der Waals surface area contributed by atoms with E-state index in [4.69, 9.17) is 16.3 Å². The van der Waals surface area contributed by atoms with E-state index in [1.165, 1.54) is 6.20 Å². The number of halogens is 1. The second-order valence-electron chi connectivity index (χ2n) is 9.07. The van der Waals surface area contributed by atoms with E-state index in [1.807, 2.05) is 19.1 Å². The second kappa shape index (κ2) is 12.2. The third-order valence-electron chi connectivity index (χ3n) is 6.83. The van der Waals surface area contributed by atoms with Crippen molar-refractivity contribution < 1.29 is 18.3 Å². The molecule has 0 bridgehead atoms. The first kappa shape index (κ1) is 26.6. The summed E-state index contributed by atoms with van der Waals surface area (Å²) in [7, 11) is 1.59. The van der Waals surface area contributed by atoms with Gasteiger partial charge in [0.15, 0.2) is 5.82 Å². The normalized spacial score (nSPS) is 20.9. The van der Waals surface area contributed by atoms with E-state index in [0.29, 0.717) is 47.7 Å². The summed E-state index contributed by atoms with van der Waals surface area (Å²) in [6.45, 7) is 2.93. The molecule has 0 spiro atoms. The quantitative estimate of drug-likeness (QED) is 0.412. The zero-order valence-electron chi connectivity index (χ0n) is 20.5. The van der Waals surface area contributed by atoms with Crippen LogP contribution < -0.4 is 25.0 Å². The molecule has 1 fully saturated rings. The largest absolute Gasteiger partial charge is 0.760 e. The smallest absolute Gasteiger partial charge is 0.229 e. The number of fused-ring (bicyclic) bond motifs is 1. The lowest BCUT2D eigenvalue weighted by molar-refractivity contribution is -0.118. The summed E-state index contributed by atoms with van der Waals surface area (Å²) < 4.78 is 30.1. The molecule has 1 amide bonds. The molecule has 1 aliphatic carbocycles. The standard InChI is InChI=1S/C24H33ClN6O4S/c1-3-31-20-12-21(35-2)19(11-15(20)8-6-10-22(31)32)29-24-26-14-17(25)23(30-24)28-18-9-5-4-7-16(18)13-27-36(33)34/h11-12,14,16,18,27H,3-10,13H2,1-2H3,(H,33,34)(H2,26,28,29,30)/p-1/t16-,18-/m1/s1. The first-order chi connectivity index (χ1) is 17.4. The van der Waals surface area contributed by atoms with Crippen molar-refractivity contribution in [2.24, 2.45) is 5.92 Å². The molecule has 10 nitrogen and oxygen atoms in total. The van der Waals surface area contributed by atoms with Crippen LogP contribution in [0.2, 0.25) is 5.02 Å². The van der Waals surface area contributed by atoms with E-state index < -0.39 is 11.3 Å². The molecular weight excluding hydrogens is 504 g/mol. The number of nitrogens with one attached hydrogen (secondary N) is 3. The Labute approximate surface area is 219 Å². The van der Waals surface area contributed by atoms with Crippen molar-refractivity contribution in [3.8, 4) is 5.75 Å². The number of hydrogen-bond acceptors (Lipinski definition) is 8. The zero-order valence-corrected chi connectivity index (χ0v) is 22.1. The van der Waals surface area contributed by atoms with Gasteiger partial charge in [-0.15, -0.1) is 0 Å². The number of ether oxygens (including phenoxy) is 1. The minimum atomic E-state index is -2.29. The molecule has 36 heavy (non-hydrogen) atoms. The van der Waals surface area contributed by atoms with Crippen LogP contribution in [0.1, 0.15) is 51.0 Å². The third-order valence-corrected chi connectivity index (χ3v) is 7.51. The van der Waals surface area contributed by atoms with Crippen LogP contribution in [0.3, 0.4) is 0 Å². The van der Waals surface area contributed by atoms with E-state index in [0.717, 1.165) is 49.8 Å². The highest BCUT2D eigenvalue weighted by Gasteiger charge is 2.27. The van der Waals surface area contributed by atoms with Crippen LogP contribution in [0, 0.1) is 5.92 Å². The molecule has 1 aromatic heterocycles. The first-order valence-electron chi connectivity index (χ1n) is 12.3. The van der Waals surface area contributed by atoms with Crippen molar-refractivity contribution in [1.82, 2.24) is 14.7 Å². The predicted molar refractivity (Wildman–Crippen MR) is 141 cm³/mol. The van der Waals surface area contributed by atoms with Crippen molar-refractivity contribution in [1.29, 1.82) is 0 Å². The lowest BCUT2D eigenvalue weighted by atomic mass is 9.84. The van der Waals surface area contributed by atoms with Crippen molar-refractivity contribution in [3.63, 3.8) is 0 Å². The molecule has 1 aromatic carbocycles. The summed E-state index contributed by atoms with van der Waals surface area (Å²) in [6, 6.07) is 3.92. The van der Waals surface area contributed by atoms with E-state index in [9.17, 15) is 13.6 Å². The number of carbonyl (C=O) groups excluding carboxylic acids is 1. The third kappa shape index (κ3) is 6.26. The Kier molecular flexibility index (Phi) is 9.00. The Balaban J connectivity index is 1.57. The van der Waals surface area contributed by atoms with Crippen LogP contribution in [0.15, 0.2) is 18.3 Å². The molecule has 2 aromatic rings. The number of methoxy groups -OCH3 is 1. The monoisotopic (exact) mass is 535 g/mol. The average molecular weight is 536 g/mol. The molecule has 1 unspecified atom stereocenters. The van der Waals surface area contributed by atoms with Gasteiger partial charge in [-0.1, -0.05) is 24.4 Å². The zero-order chi connectivity index (χ0) is 25.7. The Morgan fingerprint density at radius 1 is 1.25 bits per heavy atom. The molecule has 3 atom stereocenters. The van der Waals surface area contributed by atoms with E-state index in [1.54, 1.807) is 12.0 Å². The Morgan fingerprint density at radius 3 is 2.81 bits per heavy atom.